The molecule has 0 radical (unpaired) electrons. The Labute approximate surface area is 124 Å². The molecule has 2 aliphatic carbocycles. The van der Waals surface area contributed by atoms with E-state index >= 15 is 0 Å². The summed E-state index contributed by atoms with van der Waals surface area (Å²) in [6, 6.07) is 9.67. The van der Waals surface area contributed by atoms with Crippen molar-refractivity contribution in [2.45, 2.75) is 31.1 Å². The molecule has 4 nitrogen and oxygen atoms in total. The molecule has 1 spiro atoms. The lowest BCUT2D eigenvalue weighted by Crippen LogP contribution is -2.35. The van der Waals surface area contributed by atoms with Gasteiger partial charge in [0.2, 0.25) is 0 Å². The molecule has 3 rings (SSSR count). The van der Waals surface area contributed by atoms with E-state index in [9.17, 15) is 9.59 Å². The highest BCUT2D eigenvalue weighted by Crippen LogP contribution is 2.67. The van der Waals surface area contributed by atoms with Crippen LogP contribution in [0.5, 0.6) is 0 Å². The Kier molecular flexibility index (Phi) is 3.27. The summed E-state index contributed by atoms with van der Waals surface area (Å²) in [6.07, 6.45) is 3.13. The van der Waals surface area contributed by atoms with E-state index < -0.39 is 5.41 Å². The van der Waals surface area contributed by atoms with Gasteiger partial charge >= 0.3 is 11.9 Å². The lowest BCUT2D eigenvalue weighted by atomic mass is 9.77. The van der Waals surface area contributed by atoms with E-state index in [0.717, 1.165) is 18.4 Å². The van der Waals surface area contributed by atoms with Gasteiger partial charge in [-0.3, -0.25) is 9.59 Å². The van der Waals surface area contributed by atoms with Gasteiger partial charge in [0.05, 0.1) is 25.6 Å². The summed E-state index contributed by atoms with van der Waals surface area (Å²) in [5.41, 5.74) is 0.150. The standard InChI is InChI=1S/C17H20O4/c1-20-14(18)13-10-17(15(19)21-2,11-16(13)8-9-16)12-6-4-3-5-7-12/h3-7,13H,8-11H2,1-2H3/t13-,17+/m1/s1. The van der Waals surface area contributed by atoms with Crippen molar-refractivity contribution in [1.29, 1.82) is 0 Å². The van der Waals surface area contributed by atoms with Gasteiger partial charge in [-0.1, -0.05) is 30.3 Å². The molecule has 21 heavy (non-hydrogen) atoms. The number of ether oxygens (including phenoxy) is 2. The monoisotopic (exact) mass is 288 g/mol. The minimum Gasteiger partial charge on any atom is -0.469 e. The smallest absolute Gasteiger partial charge is 0.316 e. The predicted octanol–water partition coefficient (Wildman–Crippen LogP) is 2.46. The summed E-state index contributed by atoms with van der Waals surface area (Å²) in [5, 5.41) is 0. The first-order chi connectivity index (χ1) is 10.1. The minimum atomic E-state index is -0.717. The van der Waals surface area contributed by atoms with Gasteiger partial charge in [0, 0.05) is 0 Å². The average molecular weight is 288 g/mol. The first-order valence-electron chi connectivity index (χ1n) is 7.30. The normalized spacial score (nSPS) is 29.1. The van der Waals surface area contributed by atoms with Gasteiger partial charge < -0.3 is 9.47 Å². The molecule has 0 aliphatic heterocycles. The van der Waals surface area contributed by atoms with Crippen LogP contribution in [0.1, 0.15) is 31.2 Å². The van der Waals surface area contributed by atoms with Crippen LogP contribution in [0, 0.1) is 11.3 Å². The van der Waals surface area contributed by atoms with Gasteiger partial charge in [-0.05, 0) is 36.7 Å². The molecule has 0 heterocycles. The third-order valence-corrected chi connectivity index (χ3v) is 5.23. The molecule has 0 unspecified atom stereocenters. The Morgan fingerprint density at radius 3 is 2.29 bits per heavy atom. The van der Waals surface area contributed by atoms with E-state index in [1.165, 1.54) is 14.2 Å². The van der Waals surface area contributed by atoms with E-state index in [1.54, 1.807) is 0 Å². The number of hydrogen-bond acceptors (Lipinski definition) is 4. The summed E-state index contributed by atoms with van der Waals surface area (Å²) in [6.45, 7) is 0. The molecule has 0 N–H and O–H groups in total. The molecule has 0 amide bonds. The molecule has 0 bridgehead atoms. The topological polar surface area (TPSA) is 52.6 Å². The fraction of sp³-hybridized carbons (Fsp3) is 0.529. The second-order valence-corrected chi connectivity index (χ2v) is 6.26. The van der Waals surface area contributed by atoms with Crippen LogP contribution < -0.4 is 0 Å². The Hall–Kier alpha value is -1.84. The van der Waals surface area contributed by atoms with Crippen molar-refractivity contribution in [2.75, 3.05) is 14.2 Å². The van der Waals surface area contributed by atoms with E-state index in [4.69, 9.17) is 9.47 Å². The van der Waals surface area contributed by atoms with Gasteiger partial charge in [0.25, 0.3) is 0 Å². The summed E-state index contributed by atoms with van der Waals surface area (Å²) in [4.78, 5) is 24.7. The van der Waals surface area contributed by atoms with Crippen molar-refractivity contribution >= 4 is 11.9 Å². The largest absolute Gasteiger partial charge is 0.469 e. The fourth-order valence-electron chi connectivity index (χ4n) is 3.97. The number of methoxy groups -OCH3 is 2. The van der Waals surface area contributed by atoms with Crippen molar-refractivity contribution in [2.24, 2.45) is 11.3 Å². The maximum Gasteiger partial charge on any atom is 0.316 e. The van der Waals surface area contributed by atoms with E-state index in [0.29, 0.717) is 12.8 Å². The molecular formula is C17H20O4. The minimum absolute atomic E-state index is 0.0723. The second kappa shape index (κ2) is 4.86. The second-order valence-electron chi connectivity index (χ2n) is 6.26. The summed E-state index contributed by atoms with van der Waals surface area (Å²) >= 11 is 0. The van der Waals surface area contributed by atoms with Crippen LogP contribution in [0.3, 0.4) is 0 Å². The lowest BCUT2D eigenvalue weighted by Gasteiger charge is -2.27. The highest BCUT2D eigenvalue weighted by molar-refractivity contribution is 5.86. The number of benzene rings is 1. The Bertz CT molecular complexity index is 561. The SMILES string of the molecule is COC(=O)[C@H]1C[C@@](C(=O)OC)(c2ccccc2)CC12CC2. The van der Waals surface area contributed by atoms with Crippen molar-refractivity contribution in [3.63, 3.8) is 0 Å². The third kappa shape index (κ3) is 2.04. The molecule has 2 aliphatic rings. The van der Waals surface area contributed by atoms with Gasteiger partial charge in [-0.15, -0.1) is 0 Å². The van der Waals surface area contributed by atoms with Crippen LogP contribution >= 0.6 is 0 Å². The average Bonchev–Trinajstić information content (AvgIpc) is 3.21. The van der Waals surface area contributed by atoms with Crippen molar-refractivity contribution in [1.82, 2.24) is 0 Å². The van der Waals surface area contributed by atoms with Gasteiger partial charge in [0.1, 0.15) is 0 Å². The quantitative estimate of drug-likeness (QED) is 0.802. The third-order valence-electron chi connectivity index (χ3n) is 5.23. The Morgan fingerprint density at radius 1 is 1.10 bits per heavy atom. The molecular weight excluding hydrogens is 268 g/mol. The highest BCUT2D eigenvalue weighted by atomic mass is 16.5. The predicted molar refractivity (Wildman–Crippen MR) is 76.5 cm³/mol. The zero-order valence-corrected chi connectivity index (χ0v) is 12.4. The van der Waals surface area contributed by atoms with Gasteiger partial charge in [-0.25, -0.2) is 0 Å². The van der Waals surface area contributed by atoms with Gasteiger partial charge in [0.15, 0.2) is 0 Å². The van der Waals surface area contributed by atoms with Gasteiger partial charge in [-0.2, -0.15) is 0 Å². The van der Waals surface area contributed by atoms with Crippen LogP contribution in [0.15, 0.2) is 30.3 Å². The number of carbonyl (C=O) groups excluding carboxylic acids is 2. The van der Waals surface area contributed by atoms with Crippen LogP contribution in [0.2, 0.25) is 0 Å². The number of hydrogen-bond donors (Lipinski definition) is 0. The summed E-state index contributed by atoms with van der Waals surface area (Å²) in [5.74, 6) is -0.651. The van der Waals surface area contributed by atoms with E-state index in [2.05, 4.69) is 0 Å². The van der Waals surface area contributed by atoms with Crippen LogP contribution in [-0.2, 0) is 24.5 Å². The van der Waals surface area contributed by atoms with Crippen molar-refractivity contribution in [3.05, 3.63) is 35.9 Å². The molecule has 1 aromatic rings. The van der Waals surface area contributed by atoms with Crippen molar-refractivity contribution in [3.8, 4) is 0 Å². The lowest BCUT2D eigenvalue weighted by molar-refractivity contribution is -0.148. The summed E-state index contributed by atoms with van der Waals surface area (Å²) in [7, 11) is 2.83. The first kappa shape index (κ1) is 14.1. The summed E-state index contributed by atoms with van der Waals surface area (Å²) < 4.78 is 10.0. The molecule has 112 valence electrons. The Balaban J connectivity index is 2.03. The molecule has 2 saturated carbocycles. The molecule has 4 heteroatoms. The van der Waals surface area contributed by atoms with Crippen LogP contribution in [0.25, 0.3) is 0 Å². The van der Waals surface area contributed by atoms with E-state index in [1.807, 2.05) is 30.3 Å². The number of carbonyl (C=O) groups is 2. The zero-order chi connectivity index (χ0) is 15.1. The van der Waals surface area contributed by atoms with Crippen LogP contribution in [0.4, 0.5) is 0 Å². The molecule has 0 saturated heterocycles. The van der Waals surface area contributed by atoms with E-state index in [-0.39, 0.29) is 23.3 Å². The van der Waals surface area contributed by atoms with Crippen molar-refractivity contribution < 1.29 is 19.1 Å². The molecule has 0 aromatic heterocycles. The number of esters is 2. The molecule has 2 fully saturated rings. The zero-order valence-electron chi connectivity index (χ0n) is 12.4. The molecule has 1 aromatic carbocycles. The number of rotatable bonds is 3. The maximum absolute atomic E-state index is 12.5. The Morgan fingerprint density at radius 2 is 1.76 bits per heavy atom. The molecule has 2 atom stereocenters. The fourth-order valence-corrected chi connectivity index (χ4v) is 3.97. The highest BCUT2D eigenvalue weighted by Gasteiger charge is 2.66. The maximum atomic E-state index is 12.5. The van der Waals surface area contributed by atoms with Crippen LogP contribution in [-0.4, -0.2) is 26.2 Å². The first-order valence-corrected chi connectivity index (χ1v) is 7.30.